The van der Waals surface area contributed by atoms with Gasteiger partial charge in [0.15, 0.2) is 0 Å². The van der Waals surface area contributed by atoms with Gasteiger partial charge in [0.25, 0.3) is 0 Å². The Kier molecular flexibility index (Phi) is 10.6. The highest BCUT2D eigenvalue weighted by molar-refractivity contribution is 8.01. The molecule has 2 aliphatic rings. The van der Waals surface area contributed by atoms with Gasteiger partial charge in [0, 0.05) is 31.9 Å². The predicted molar refractivity (Wildman–Crippen MR) is 137 cm³/mol. The van der Waals surface area contributed by atoms with E-state index in [1.54, 1.807) is 0 Å². The van der Waals surface area contributed by atoms with Gasteiger partial charge in [-0.2, -0.15) is 0 Å². The molecule has 0 saturated carbocycles. The van der Waals surface area contributed by atoms with Crippen LogP contribution in [0.25, 0.3) is 0 Å². The number of aliphatic hydroxyl groups is 1. The van der Waals surface area contributed by atoms with E-state index in [1.807, 2.05) is 30.3 Å². The van der Waals surface area contributed by atoms with E-state index in [1.165, 1.54) is 24.6 Å². The molecule has 0 unspecified atom stereocenters. The van der Waals surface area contributed by atoms with Crippen molar-refractivity contribution in [1.29, 1.82) is 0 Å². The minimum absolute atomic E-state index is 0. The van der Waals surface area contributed by atoms with Crippen molar-refractivity contribution in [3.8, 4) is 5.75 Å². The van der Waals surface area contributed by atoms with Crippen LogP contribution in [0.4, 0.5) is 5.69 Å². The number of esters is 1. The second-order valence-electron chi connectivity index (χ2n) is 8.02. The molecule has 2 aliphatic heterocycles. The lowest BCUT2D eigenvalue weighted by Gasteiger charge is -2.37. The molecule has 0 amide bonds. The smallest absolute Gasteiger partial charge is 0.325 e. The number of piperazine rings is 1. The Bertz CT molecular complexity index is 884. The molecule has 2 aromatic carbocycles. The molecule has 9 heteroatoms. The summed E-state index contributed by atoms with van der Waals surface area (Å²) in [5.41, 5.74) is 1.27. The van der Waals surface area contributed by atoms with Gasteiger partial charge in [-0.15, -0.1) is 36.6 Å². The number of hydrogen-bond acceptors (Lipinski definition) is 7. The van der Waals surface area contributed by atoms with Gasteiger partial charge in [0.2, 0.25) is 0 Å². The van der Waals surface area contributed by atoms with Crippen molar-refractivity contribution in [2.24, 2.45) is 0 Å². The number of hydrogen-bond donors (Lipinski definition) is 1. The van der Waals surface area contributed by atoms with Crippen LogP contribution in [0.5, 0.6) is 5.75 Å². The summed E-state index contributed by atoms with van der Waals surface area (Å²) in [5, 5.41) is 10.9. The molecule has 1 saturated heterocycles. The number of carbonyl (C=O) groups is 1. The maximum absolute atomic E-state index is 12.9. The third-order valence-electron chi connectivity index (χ3n) is 6.12. The number of aliphatic hydroxyl groups excluding tert-OH is 1. The maximum Gasteiger partial charge on any atom is 0.325 e. The Labute approximate surface area is 212 Å². The Hall–Kier alpha value is -1.64. The number of anilines is 1. The fourth-order valence-electron chi connectivity index (χ4n) is 4.33. The number of methoxy groups -OCH3 is 1. The molecule has 4 rings (SSSR count). The molecule has 33 heavy (non-hydrogen) atoms. The summed E-state index contributed by atoms with van der Waals surface area (Å²) < 4.78 is 9.85. The zero-order valence-electron chi connectivity index (χ0n) is 18.7. The van der Waals surface area contributed by atoms with Crippen LogP contribution in [-0.2, 0) is 9.53 Å². The molecule has 2 heterocycles. The first-order valence-corrected chi connectivity index (χ1v) is 11.6. The largest absolute Gasteiger partial charge is 0.490 e. The Balaban J connectivity index is 0.00000193. The van der Waals surface area contributed by atoms with E-state index in [4.69, 9.17) is 9.47 Å². The first-order chi connectivity index (χ1) is 15.1. The molecule has 0 spiro atoms. The summed E-state index contributed by atoms with van der Waals surface area (Å²) in [4.78, 5) is 18.6. The van der Waals surface area contributed by atoms with Gasteiger partial charge < -0.3 is 19.5 Å². The number of ether oxygens (including phenoxy) is 2. The SMILES string of the molecule is COC(=O)[C@@]1(CCCN2CCN(c3ccccc3)CC2)Sc2ccccc2OC[C@@H]1O.Cl.Cl. The Morgan fingerprint density at radius 3 is 2.45 bits per heavy atom. The van der Waals surface area contributed by atoms with Crippen LogP contribution in [0.2, 0.25) is 0 Å². The summed E-state index contributed by atoms with van der Waals surface area (Å²) in [5.74, 6) is 0.313. The number of para-hydroxylation sites is 2. The Morgan fingerprint density at radius 2 is 1.76 bits per heavy atom. The lowest BCUT2D eigenvalue weighted by Crippen LogP contribution is -2.50. The van der Waals surface area contributed by atoms with Crippen LogP contribution in [-0.4, -0.2) is 73.3 Å². The zero-order chi connectivity index (χ0) is 21.7. The average Bonchev–Trinajstić information content (AvgIpc) is 2.97. The van der Waals surface area contributed by atoms with Crippen molar-refractivity contribution in [3.05, 3.63) is 54.6 Å². The topological polar surface area (TPSA) is 62.2 Å². The van der Waals surface area contributed by atoms with E-state index in [2.05, 4.69) is 34.1 Å². The summed E-state index contributed by atoms with van der Waals surface area (Å²) >= 11 is 1.37. The standard InChI is InChI=1S/C24H30N2O4S.2ClH/c1-29-23(28)24(22(27)18-30-20-10-5-6-11-21(20)31-24)12-7-13-25-14-16-26(17-15-25)19-8-3-2-4-9-19;;/h2-6,8-11,22,27H,7,12-18H2,1H3;2*1H/t22-,24-;;/m0../s1. The first-order valence-electron chi connectivity index (χ1n) is 10.8. The second kappa shape index (κ2) is 12.7. The van der Waals surface area contributed by atoms with Crippen molar-refractivity contribution in [1.82, 2.24) is 4.90 Å². The lowest BCUT2D eigenvalue weighted by molar-refractivity contribution is -0.147. The highest BCUT2D eigenvalue weighted by atomic mass is 35.5. The van der Waals surface area contributed by atoms with Crippen molar-refractivity contribution in [2.75, 3.05) is 51.3 Å². The third-order valence-corrected chi connectivity index (χ3v) is 7.69. The van der Waals surface area contributed by atoms with Gasteiger partial charge in [-0.25, -0.2) is 0 Å². The monoisotopic (exact) mass is 514 g/mol. The first kappa shape index (κ1) is 27.6. The second-order valence-corrected chi connectivity index (χ2v) is 9.40. The molecule has 1 fully saturated rings. The summed E-state index contributed by atoms with van der Waals surface area (Å²) in [7, 11) is 1.39. The highest BCUT2D eigenvalue weighted by Crippen LogP contribution is 2.46. The molecule has 0 aromatic heterocycles. The van der Waals surface area contributed by atoms with E-state index in [0.717, 1.165) is 44.0 Å². The molecule has 1 N–H and O–H groups in total. The Morgan fingerprint density at radius 1 is 1.09 bits per heavy atom. The minimum atomic E-state index is -1.06. The predicted octanol–water partition coefficient (Wildman–Crippen LogP) is 3.89. The molecule has 2 aromatic rings. The number of rotatable bonds is 6. The van der Waals surface area contributed by atoms with Gasteiger partial charge in [-0.3, -0.25) is 9.69 Å². The van der Waals surface area contributed by atoms with Crippen LogP contribution in [0.3, 0.4) is 0 Å². The number of fused-ring (bicyclic) bond motifs is 1. The normalized spacial score (nSPS) is 22.6. The van der Waals surface area contributed by atoms with E-state index >= 15 is 0 Å². The number of nitrogens with zero attached hydrogens (tertiary/aromatic N) is 2. The van der Waals surface area contributed by atoms with Gasteiger partial charge in [0.1, 0.15) is 23.2 Å². The molecule has 2 atom stereocenters. The van der Waals surface area contributed by atoms with E-state index < -0.39 is 10.9 Å². The number of carbonyl (C=O) groups excluding carboxylic acids is 1. The van der Waals surface area contributed by atoms with Crippen LogP contribution in [0.1, 0.15) is 12.8 Å². The van der Waals surface area contributed by atoms with Gasteiger partial charge in [-0.1, -0.05) is 30.3 Å². The van der Waals surface area contributed by atoms with E-state index in [0.29, 0.717) is 12.2 Å². The van der Waals surface area contributed by atoms with Crippen LogP contribution in [0.15, 0.2) is 59.5 Å². The summed E-state index contributed by atoms with van der Waals surface area (Å²) in [6.45, 7) is 4.92. The van der Waals surface area contributed by atoms with E-state index in [9.17, 15) is 9.90 Å². The maximum atomic E-state index is 12.9. The molecule has 0 radical (unpaired) electrons. The number of thioether (sulfide) groups is 1. The van der Waals surface area contributed by atoms with Gasteiger partial charge in [0.05, 0.1) is 12.0 Å². The molecular weight excluding hydrogens is 483 g/mol. The average molecular weight is 516 g/mol. The number of halogens is 2. The quantitative estimate of drug-likeness (QED) is 0.586. The number of benzene rings is 2. The molecule has 0 aliphatic carbocycles. The fraction of sp³-hybridized carbons (Fsp3) is 0.458. The third kappa shape index (κ3) is 6.28. The minimum Gasteiger partial charge on any atom is -0.490 e. The van der Waals surface area contributed by atoms with Crippen molar-refractivity contribution in [3.63, 3.8) is 0 Å². The van der Waals surface area contributed by atoms with Crippen LogP contribution < -0.4 is 9.64 Å². The van der Waals surface area contributed by atoms with Crippen LogP contribution >= 0.6 is 36.6 Å². The van der Waals surface area contributed by atoms with Crippen molar-refractivity contribution in [2.45, 2.75) is 28.6 Å². The van der Waals surface area contributed by atoms with Gasteiger partial charge >= 0.3 is 5.97 Å². The lowest BCUT2D eigenvalue weighted by atomic mass is 9.95. The molecule has 0 bridgehead atoms. The van der Waals surface area contributed by atoms with Crippen molar-refractivity contribution >= 4 is 48.2 Å². The highest BCUT2D eigenvalue weighted by Gasteiger charge is 2.49. The summed E-state index contributed by atoms with van der Waals surface area (Å²) in [6, 6.07) is 18.1. The summed E-state index contributed by atoms with van der Waals surface area (Å²) in [6.07, 6.45) is 0.390. The van der Waals surface area contributed by atoms with Crippen molar-refractivity contribution < 1.29 is 19.4 Å². The molecular formula is C24H32Cl2N2O4S. The molecule has 182 valence electrons. The molecule has 6 nitrogen and oxygen atoms in total. The van der Waals surface area contributed by atoms with Crippen LogP contribution in [0, 0.1) is 0 Å². The zero-order valence-corrected chi connectivity index (χ0v) is 21.2. The fourth-order valence-corrected chi connectivity index (χ4v) is 5.71. The van der Waals surface area contributed by atoms with Gasteiger partial charge in [-0.05, 0) is 43.7 Å². The van der Waals surface area contributed by atoms with E-state index in [-0.39, 0.29) is 37.4 Å².